The van der Waals surface area contributed by atoms with Gasteiger partial charge in [0.1, 0.15) is 18.4 Å². The molecule has 0 fully saturated rings. The molecular formula is C14H14N4O4. The molecule has 0 saturated heterocycles. The van der Waals surface area contributed by atoms with E-state index in [0.29, 0.717) is 11.3 Å². The fourth-order valence-electron chi connectivity index (χ4n) is 1.82. The zero-order chi connectivity index (χ0) is 16.3. The molecule has 8 nitrogen and oxygen atoms in total. The molecule has 1 N–H and O–H groups in total. The number of amides is 1. The number of nitro groups is 1. The summed E-state index contributed by atoms with van der Waals surface area (Å²) >= 11 is 0. The number of anilines is 1. The van der Waals surface area contributed by atoms with Crippen molar-refractivity contribution in [2.24, 2.45) is 0 Å². The van der Waals surface area contributed by atoms with E-state index in [1.807, 2.05) is 0 Å². The Balaban J connectivity index is 2.12. The minimum absolute atomic E-state index is 0.105. The normalized spacial score (nSPS) is 11.7. The first-order chi connectivity index (χ1) is 10.4. The number of nitrogens with one attached hydrogen (secondary N) is 1. The number of ketones is 1. The maximum absolute atomic E-state index is 12.1. The smallest absolute Gasteiger partial charge is 0.307 e. The van der Waals surface area contributed by atoms with Gasteiger partial charge in [0.25, 0.3) is 0 Å². The molecule has 2 rings (SSSR count). The highest BCUT2D eigenvalue weighted by atomic mass is 16.6. The lowest BCUT2D eigenvalue weighted by molar-refractivity contribution is -0.385. The van der Waals surface area contributed by atoms with Crippen LogP contribution < -0.4 is 5.32 Å². The Kier molecular flexibility index (Phi) is 4.31. The third-order valence-corrected chi connectivity index (χ3v) is 3.11. The Morgan fingerprint density at radius 2 is 2.14 bits per heavy atom. The van der Waals surface area contributed by atoms with Crippen molar-refractivity contribution in [3.8, 4) is 0 Å². The van der Waals surface area contributed by atoms with Gasteiger partial charge in [0.15, 0.2) is 5.78 Å². The monoisotopic (exact) mass is 302 g/mol. The fourth-order valence-corrected chi connectivity index (χ4v) is 1.82. The number of carbonyl (C=O) groups excluding carboxylic acids is 2. The molecule has 1 heterocycles. The molecule has 114 valence electrons. The number of hydrogen-bond donors (Lipinski definition) is 1. The van der Waals surface area contributed by atoms with Crippen molar-refractivity contribution in [1.82, 2.24) is 9.78 Å². The summed E-state index contributed by atoms with van der Waals surface area (Å²) in [5.41, 5.74) is 0.782. The number of benzene rings is 1. The van der Waals surface area contributed by atoms with Gasteiger partial charge in [-0.1, -0.05) is 12.1 Å². The molecule has 2 aromatic rings. The van der Waals surface area contributed by atoms with E-state index in [2.05, 4.69) is 10.4 Å². The first-order valence-electron chi connectivity index (χ1n) is 6.49. The second-order valence-corrected chi connectivity index (χ2v) is 4.74. The molecule has 0 aliphatic heterocycles. The lowest BCUT2D eigenvalue weighted by Gasteiger charge is -2.12. The zero-order valence-electron chi connectivity index (χ0n) is 12.0. The number of Topliss-reactive ketones (excluding diaryl/α,β-unsaturated/α-hetero) is 1. The highest BCUT2D eigenvalue weighted by molar-refractivity contribution is 5.97. The molecule has 0 unspecified atom stereocenters. The van der Waals surface area contributed by atoms with Gasteiger partial charge in [0.2, 0.25) is 5.91 Å². The summed E-state index contributed by atoms with van der Waals surface area (Å²) in [5.74, 6) is -0.495. The predicted molar refractivity (Wildman–Crippen MR) is 78.7 cm³/mol. The van der Waals surface area contributed by atoms with E-state index >= 15 is 0 Å². The maximum atomic E-state index is 12.1. The van der Waals surface area contributed by atoms with Gasteiger partial charge in [-0.05, 0) is 26.0 Å². The third kappa shape index (κ3) is 3.35. The van der Waals surface area contributed by atoms with Gasteiger partial charge in [-0.3, -0.25) is 24.4 Å². The molecule has 0 spiro atoms. The van der Waals surface area contributed by atoms with Crippen LogP contribution in [0.2, 0.25) is 0 Å². The van der Waals surface area contributed by atoms with Crippen molar-refractivity contribution in [3.63, 3.8) is 0 Å². The molecule has 22 heavy (non-hydrogen) atoms. The molecular weight excluding hydrogens is 288 g/mol. The topological polar surface area (TPSA) is 107 Å². The predicted octanol–water partition coefficient (Wildman–Crippen LogP) is 2.19. The fraction of sp³-hybridized carbons (Fsp3) is 0.214. The average molecular weight is 302 g/mol. The van der Waals surface area contributed by atoms with Gasteiger partial charge in [-0.25, -0.2) is 0 Å². The van der Waals surface area contributed by atoms with Gasteiger partial charge in [-0.2, -0.15) is 5.10 Å². The van der Waals surface area contributed by atoms with Crippen LogP contribution in [0.1, 0.15) is 30.2 Å². The molecule has 1 amide bonds. The Labute approximate surface area is 125 Å². The summed E-state index contributed by atoms with van der Waals surface area (Å²) in [7, 11) is 0. The zero-order valence-corrected chi connectivity index (χ0v) is 12.0. The Morgan fingerprint density at radius 1 is 1.41 bits per heavy atom. The SMILES string of the molecule is CC(=O)c1cccc(NC(=O)[C@@H](C)n2cc([N+](=O)[O-])cn2)c1. The first-order valence-corrected chi connectivity index (χ1v) is 6.49. The van der Waals surface area contributed by atoms with E-state index in [1.165, 1.54) is 17.8 Å². The van der Waals surface area contributed by atoms with Crippen LogP contribution in [0.15, 0.2) is 36.7 Å². The molecule has 0 bridgehead atoms. The maximum Gasteiger partial charge on any atom is 0.307 e. The molecule has 0 saturated carbocycles. The van der Waals surface area contributed by atoms with Crippen molar-refractivity contribution >= 4 is 23.1 Å². The molecule has 8 heteroatoms. The highest BCUT2D eigenvalue weighted by Crippen LogP contribution is 2.16. The number of carbonyl (C=O) groups is 2. The average Bonchev–Trinajstić information content (AvgIpc) is 2.96. The highest BCUT2D eigenvalue weighted by Gasteiger charge is 2.19. The molecule has 1 aromatic carbocycles. The van der Waals surface area contributed by atoms with Gasteiger partial charge < -0.3 is 5.32 Å². The first kappa shape index (κ1) is 15.4. The van der Waals surface area contributed by atoms with E-state index in [1.54, 1.807) is 31.2 Å². The van der Waals surface area contributed by atoms with Crippen LogP contribution in [0.4, 0.5) is 11.4 Å². The van der Waals surface area contributed by atoms with Crippen molar-refractivity contribution in [2.45, 2.75) is 19.9 Å². The summed E-state index contributed by atoms with van der Waals surface area (Å²) in [6.45, 7) is 3.01. The lowest BCUT2D eigenvalue weighted by atomic mass is 10.1. The summed E-state index contributed by atoms with van der Waals surface area (Å²) in [6, 6.07) is 5.81. The largest absolute Gasteiger partial charge is 0.324 e. The van der Waals surface area contributed by atoms with Crippen molar-refractivity contribution < 1.29 is 14.5 Å². The van der Waals surface area contributed by atoms with E-state index in [0.717, 1.165) is 6.20 Å². The lowest BCUT2D eigenvalue weighted by Crippen LogP contribution is -2.24. The van der Waals surface area contributed by atoms with E-state index in [9.17, 15) is 19.7 Å². The van der Waals surface area contributed by atoms with E-state index < -0.39 is 16.9 Å². The second-order valence-electron chi connectivity index (χ2n) is 4.74. The minimum atomic E-state index is -0.727. The van der Waals surface area contributed by atoms with Crippen LogP contribution in [0.5, 0.6) is 0 Å². The van der Waals surface area contributed by atoms with Crippen molar-refractivity contribution in [1.29, 1.82) is 0 Å². The summed E-state index contributed by atoms with van der Waals surface area (Å²) in [5, 5.41) is 17.1. The quantitative estimate of drug-likeness (QED) is 0.517. The number of rotatable bonds is 5. The second kappa shape index (κ2) is 6.17. The van der Waals surface area contributed by atoms with Crippen LogP contribution in [-0.4, -0.2) is 26.4 Å². The molecule has 0 aliphatic carbocycles. The number of aromatic nitrogens is 2. The summed E-state index contributed by atoms with van der Waals surface area (Å²) < 4.78 is 1.21. The van der Waals surface area contributed by atoms with Crippen LogP contribution in [-0.2, 0) is 4.79 Å². The minimum Gasteiger partial charge on any atom is -0.324 e. The molecule has 1 aromatic heterocycles. The van der Waals surface area contributed by atoms with Crippen LogP contribution >= 0.6 is 0 Å². The Hall–Kier alpha value is -3.03. The van der Waals surface area contributed by atoms with Crippen molar-refractivity contribution in [2.75, 3.05) is 5.32 Å². The molecule has 0 aliphatic rings. The number of nitrogens with zero attached hydrogens (tertiary/aromatic N) is 3. The Bertz CT molecular complexity index is 738. The van der Waals surface area contributed by atoms with Crippen LogP contribution in [0.3, 0.4) is 0 Å². The van der Waals surface area contributed by atoms with Gasteiger partial charge in [0.05, 0.1) is 4.92 Å². The molecule has 0 radical (unpaired) electrons. The van der Waals surface area contributed by atoms with Crippen molar-refractivity contribution in [3.05, 3.63) is 52.3 Å². The third-order valence-electron chi connectivity index (χ3n) is 3.11. The molecule has 1 atom stereocenters. The van der Waals surface area contributed by atoms with Gasteiger partial charge in [0, 0.05) is 11.3 Å². The van der Waals surface area contributed by atoms with Gasteiger partial charge >= 0.3 is 5.69 Å². The van der Waals surface area contributed by atoms with Crippen LogP contribution in [0.25, 0.3) is 0 Å². The van der Waals surface area contributed by atoms with E-state index in [-0.39, 0.29) is 11.5 Å². The van der Waals surface area contributed by atoms with Crippen LogP contribution in [0, 0.1) is 10.1 Å². The van der Waals surface area contributed by atoms with E-state index in [4.69, 9.17) is 0 Å². The Morgan fingerprint density at radius 3 is 2.73 bits per heavy atom. The number of hydrogen-bond acceptors (Lipinski definition) is 5. The summed E-state index contributed by atoms with van der Waals surface area (Å²) in [4.78, 5) is 33.5. The van der Waals surface area contributed by atoms with Gasteiger partial charge in [-0.15, -0.1) is 0 Å². The standard InChI is InChI=1S/C14H14N4O4/c1-9(17-8-13(7-15-17)18(21)22)14(20)16-12-5-3-4-11(6-12)10(2)19/h3-9H,1-2H3,(H,16,20)/t9-/m1/s1. The summed E-state index contributed by atoms with van der Waals surface area (Å²) in [6.07, 6.45) is 2.27.